The van der Waals surface area contributed by atoms with Crippen LogP contribution >= 0.6 is 15.9 Å². The van der Waals surface area contributed by atoms with Crippen LogP contribution in [-0.4, -0.2) is 13.6 Å². The van der Waals surface area contributed by atoms with Gasteiger partial charge in [-0.25, -0.2) is 0 Å². The summed E-state index contributed by atoms with van der Waals surface area (Å²) in [5, 5.41) is 3.15. The summed E-state index contributed by atoms with van der Waals surface area (Å²) in [5.74, 6) is 0. The van der Waals surface area contributed by atoms with Gasteiger partial charge in [-0.15, -0.1) is 0 Å². The minimum Gasteiger partial charge on any atom is -0.329 e. The molecule has 1 aromatic carbocycles. The molecule has 12 heavy (non-hydrogen) atoms. The second-order valence-electron chi connectivity index (χ2n) is 2.63. The van der Waals surface area contributed by atoms with E-state index in [0.29, 0.717) is 6.54 Å². The predicted molar refractivity (Wildman–Crippen MR) is 55.0 cm³/mol. The van der Waals surface area contributed by atoms with Gasteiger partial charge in [0.25, 0.3) is 0 Å². The number of nitrogens with two attached hydrogens (primary N) is 1. The smallest absolute Gasteiger partial charge is 0.0442 e. The minimum absolute atomic E-state index is 0.262. The zero-order valence-electron chi connectivity index (χ0n) is 7.05. The van der Waals surface area contributed by atoms with Gasteiger partial charge >= 0.3 is 0 Å². The fraction of sp³-hybridized carbons (Fsp3) is 0.333. The van der Waals surface area contributed by atoms with E-state index in [0.717, 1.165) is 4.47 Å². The fourth-order valence-corrected chi connectivity index (χ4v) is 1.38. The van der Waals surface area contributed by atoms with Crippen molar-refractivity contribution in [3.63, 3.8) is 0 Å². The number of hydrogen-bond acceptors (Lipinski definition) is 2. The Labute approximate surface area is 81.3 Å². The zero-order chi connectivity index (χ0) is 8.97. The molecule has 0 fully saturated rings. The monoisotopic (exact) mass is 228 g/mol. The van der Waals surface area contributed by atoms with Gasteiger partial charge in [0.1, 0.15) is 0 Å². The lowest BCUT2D eigenvalue weighted by atomic mass is 10.1. The highest BCUT2D eigenvalue weighted by Crippen LogP contribution is 2.15. The van der Waals surface area contributed by atoms with Crippen LogP contribution in [-0.2, 0) is 0 Å². The molecule has 0 aliphatic carbocycles. The highest BCUT2D eigenvalue weighted by molar-refractivity contribution is 9.10. The molecule has 0 saturated heterocycles. The molecule has 2 nitrogen and oxygen atoms in total. The van der Waals surface area contributed by atoms with Gasteiger partial charge in [-0.3, -0.25) is 0 Å². The average Bonchev–Trinajstić information content (AvgIpc) is 2.10. The van der Waals surface area contributed by atoms with Crippen LogP contribution < -0.4 is 11.1 Å². The molecule has 0 bridgehead atoms. The third kappa shape index (κ3) is 2.30. The molecular formula is C9H13BrN2. The number of rotatable bonds is 3. The largest absolute Gasteiger partial charge is 0.329 e. The van der Waals surface area contributed by atoms with Crippen molar-refractivity contribution in [2.24, 2.45) is 5.73 Å². The molecule has 0 heterocycles. The van der Waals surface area contributed by atoms with E-state index in [1.165, 1.54) is 5.56 Å². The first-order valence-corrected chi connectivity index (χ1v) is 4.70. The molecule has 0 spiro atoms. The molecule has 0 aromatic heterocycles. The Kier molecular flexibility index (Phi) is 3.72. The summed E-state index contributed by atoms with van der Waals surface area (Å²) in [6.07, 6.45) is 0. The van der Waals surface area contributed by atoms with Gasteiger partial charge in [-0.2, -0.15) is 0 Å². The average molecular weight is 229 g/mol. The van der Waals surface area contributed by atoms with Crippen molar-refractivity contribution < 1.29 is 0 Å². The summed E-state index contributed by atoms with van der Waals surface area (Å²) < 4.78 is 1.10. The van der Waals surface area contributed by atoms with Gasteiger partial charge in [-0.1, -0.05) is 28.1 Å². The van der Waals surface area contributed by atoms with Gasteiger partial charge in [0.15, 0.2) is 0 Å². The maximum absolute atomic E-state index is 5.58. The van der Waals surface area contributed by atoms with Crippen LogP contribution in [0.1, 0.15) is 11.6 Å². The first kappa shape index (κ1) is 9.71. The summed E-state index contributed by atoms with van der Waals surface area (Å²) in [6.45, 7) is 0.623. The number of halogens is 1. The van der Waals surface area contributed by atoms with Gasteiger partial charge in [0.2, 0.25) is 0 Å². The normalized spacial score (nSPS) is 12.9. The van der Waals surface area contributed by atoms with Gasteiger partial charge in [0, 0.05) is 17.1 Å². The molecule has 66 valence electrons. The van der Waals surface area contributed by atoms with Crippen LogP contribution in [0, 0.1) is 0 Å². The fourth-order valence-electron chi connectivity index (χ4n) is 1.12. The number of nitrogens with one attached hydrogen (secondary N) is 1. The lowest BCUT2D eigenvalue weighted by Crippen LogP contribution is -2.24. The van der Waals surface area contributed by atoms with Gasteiger partial charge in [-0.05, 0) is 24.7 Å². The third-order valence-electron chi connectivity index (χ3n) is 1.86. The Balaban J connectivity index is 2.80. The zero-order valence-corrected chi connectivity index (χ0v) is 8.64. The summed E-state index contributed by atoms with van der Waals surface area (Å²) in [7, 11) is 1.92. The van der Waals surface area contributed by atoms with E-state index in [1.807, 2.05) is 19.2 Å². The molecule has 0 aliphatic rings. The van der Waals surface area contributed by atoms with Crippen molar-refractivity contribution in [3.8, 4) is 0 Å². The van der Waals surface area contributed by atoms with Crippen molar-refractivity contribution in [2.75, 3.05) is 13.6 Å². The topological polar surface area (TPSA) is 38.0 Å². The molecule has 1 rings (SSSR count). The SMILES string of the molecule is CN[C@@H](CN)c1ccc(Br)cc1. The van der Waals surface area contributed by atoms with Crippen LogP contribution in [0.3, 0.4) is 0 Å². The van der Waals surface area contributed by atoms with Crippen LogP contribution in [0.15, 0.2) is 28.7 Å². The lowest BCUT2D eigenvalue weighted by molar-refractivity contribution is 0.605. The molecule has 0 amide bonds. The summed E-state index contributed by atoms with van der Waals surface area (Å²) in [4.78, 5) is 0. The highest BCUT2D eigenvalue weighted by atomic mass is 79.9. The number of hydrogen-bond donors (Lipinski definition) is 2. The first-order chi connectivity index (χ1) is 5.77. The number of benzene rings is 1. The molecule has 1 aromatic rings. The number of likely N-dealkylation sites (N-methyl/N-ethyl adjacent to an activating group) is 1. The van der Waals surface area contributed by atoms with Crippen LogP contribution in [0.4, 0.5) is 0 Å². The van der Waals surface area contributed by atoms with Crippen molar-refractivity contribution in [1.82, 2.24) is 5.32 Å². The standard InChI is InChI=1S/C9H13BrN2/c1-12-9(6-11)7-2-4-8(10)5-3-7/h2-5,9,12H,6,11H2,1H3/t9-/m0/s1. The van der Waals surface area contributed by atoms with Crippen LogP contribution in [0.2, 0.25) is 0 Å². The molecule has 0 radical (unpaired) electrons. The summed E-state index contributed by atoms with van der Waals surface area (Å²) in [5.41, 5.74) is 6.80. The van der Waals surface area contributed by atoms with E-state index in [-0.39, 0.29) is 6.04 Å². The molecule has 0 unspecified atom stereocenters. The van der Waals surface area contributed by atoms with E-state index in [9.17, 15) is 0 Å². The highest BCUT2D eigenvalue weighted by Gasteiger charge is 2.04. The maximum Gasteiger partial charge on any atom is 0.0442 e. The molecule has 1 atom stereocenters. The van der Waals surface area contributed by atoms with Crippen molar-refractivity contribution in [1.29, 1.82) is 0 Å². The molecule has 0 aliphatic heterocycles. The molecule has 3 heteroatoms. The Morgan fingerprint density at radius 2 is 2.00 bits per heavy atom. The molecular weight excluding hydrogens is 216 g/mol. The minimum atomic E-state index is 0.262. The molecule has 0 saturated carbocycles. The van der Waals surface area contributed by atoms with Crippen LogP contribution in [0.25, 0.3) is 0 Å². The Hall–Kier alpha value is -0.380. The van der Waals surface area contributed by atoms with E-state index < -0.39 is 0 Å². The quantitative estimate of drug-likeness (QED) is 0.827. The third-order valence-corrected chi connectivity index (χ3v) is 2.39. The Morgan fingerprint density at radius 1 is 1.42 bits per heavy atom. The lowest BCUT2D eigenvalue weighted by Gasteiger charge is -2.13. The van der Waals surface area contributed by atoms with E-state index in [4.69, 9.17) is 5.73 Å². The summed E-state index contributed by atoms with van der Waals surface area (Å²) >= 11 is 3.39. The van der Waals surface area contributed by atoms with Crippen molar-refractivity contribution >= 4 is 15.9 Å². The van der Waals surface area contributed by atoms with Gasteiger partial charge < -0.3 is 11.1 Å². The van der Waals surface area contributed by atoms with E-state index >= 15 is 0 Å². The second-order valence-corrected chi connectivity index (χ2v) is 3.54. The van der Waals surface area contributed by atoms with E-state index in [1.54, 1.807) is 0 Å². The van der Waals surface area contributed by atoms with Crippen molar-refractivity contribution in [2.45, 2.75) is 6.04 Å². The maximum atomic E-state index is 5.58. The second kappa shape index (κ2) is 4.60. The van der Waals surface area contributed by atoms with Crippen LogP contribution in [0.5, 0.6) is 0 Å². The predicted octanol–water partition coefficient (Wildman–Crippen LogP) is 1.67. The first-order valence-electron chi connectivity index (χ1n) is 3.90. The van der Waals surface area contributed by atoms with E-state index in [2.05, 4.69) is 33.4 Å². The summed E-state index contributed by atoms with van der Waals surface area (Å²) in [6, 6.07) is 8.44. The Bertz CT molecular complexity index is 229. The molecule has 3 N–H and O–H groups in total. The van der Waals surface area contributed by atoms with Gasteiger partial charge in [0.05, 0.1) is 0 Å². The van der Waals surface area contributed by atoms with Crippen molar-refractivity contribution in [3.05, 3.63) is 34.3 Å². The Morgan fingerprint density at radius 3 is 2.42 bits per heavy atom.